The second-order valence-electron chi connectivity index (χ2n) is 2.78. The Morgan fingerprint density at radius 2 is 2.46 bits per heavy atom. The molecule has 0 amide bonds. The molecule has 1 aromatic heterocycles. The quantitative estimate of drug-likeness (QED) is 0.742. The summed E-state index contributed by atoms with van der Waals surface area (Å²) in [4.78, 5) is 0. The highest BCUT2D eigenvalue weighted by atomic mass is 32.2. The van der Waals surface area contributed by atoms with E-state index < -0.39 is 0 Å². The molecule has 4 heteroatoms. The van der Waals surface area contributed by atoms with Crippen molar-refractivity contribution in [1.82, 2.24) is 9.78 Å². The van der Waals surface area contributed by atoms with E-state index in [0.717, 1.165) is 12.1 Å². The van der Waals surface area contributed by atoms with Crippen molar-refractivity contribution in [2.75, 3.05) is 6.26 Å². The minimum Gasteiger partial charge on any atom is -0.271 e. The molecule has 1 atom stereocenters. The average Bonchev–Trinajstić information content (AvgIpc) is 2.59. The third-order valence-electron chi connectivity index (χ3n) is 2.01. The van der Waals surface area contributed by atoms with Crippen LogP contribution >= 0.6 is 11.8 Å². The Bertz CT molecular complexity index is 324. The minimum absolute atomic E-state index is 0.343. The SMILES string of the molecule is CCn1cc(C(C)SC)c(C#N)n1. The van der Waals surface area contributed by atoms with Crippen molar-refractivity contribution in [3.8, 4) is 6.07 Å². The van der Waals surface area contributed by atoms with Crippen LogP contribution in [0.3, 0.4) is 0 Å². The zero-order chi connectivity index (χ0) is 9.84. The van der Waals surface area contributed by atoms with Crippen molar-refractivity contribution >= 4 is 11.8 Å². The van der Waals surface area contributed by atoms with Gasteiger partial charge in [-0.2, -0.15) is 22.1 Å². The molecule has 0 fully saturated rings. The molecule has 0 spiro atoms. The molecule has 3 nitrogen and oxygen atoms in total. The highest BCUT2D eigenvalue weighted by Crippen LogP contribution is 2.27. The Hall–Kier alpha value is -0.950. The first-order valence-electron chi connectivity index (χ1n) is 4.23. The maximum absolute atomic E-state index is 8.84. The van der Waals surface area contributed by atoms with Crippen LogP contribution in [0.15, 0.2) is 6.20 Å². The topological polar surface area (TPSA) is 41.6 Å². The number of aromatic nitrogens is 2. The van der Waals surface area contributed by atoms with Gasteiger partial charge in [0, 0.05) is 23.6 Å². The molecule has 13 heavy (non-hydrogen) atoms. The standard InChI is InChI=1S/C9H13N3S/c1-4-12-6-8(7(2)13-3)9(5-10)11-12/h6-7H,4H2,1-3H3. The molecule has 0 aliphatic carbocycles. The Labute approximate surface area is 82.7 Å². The average molecular weight is 195 g/mol. The molecule has 0 aliphatic heterocycles. The van der Waals surface area contributed by atoms with Crippen LogP contribution in [0.2, 0.25) is 0 Å². The van der Waals surface area contributed by atoms with Crippen LogP contribution in [0.25, 0.3) is 0 Å². The van der Waals surface area contributed by atoms with E-state index in [1.165, 1.54) is 0 Å². The second-order valence-corrected chi connectivity index (χ2v) is 3.96. The first-order chi connectivity index (χ1) is 6.22. The summed E-state index contributed by atoms with van der Waals surface area (Å²) in [6, 6.07) is 2.12. The van der Waals surface area contributed by atoms with Gasteiger partial charge in [0.25, 0.3) is 0 Å². The molecule has 0 saturated heterocycles. The summed E-state index contributed by atoms with van der Waals surface area (Å²) < 4.78 is 1.81. The van der Waals surface area contributed by atoms with Gasteiger partial charge in [-0.3, -0.25) is 4.68 Å². The van der Waals surface area contributed by atoms with Gasteiger partial charge >= 0.3 is 0 Å². The van der Waals surface area contributed by atoms with Crippen LogP contribution in [0.1, 0.15) is 30.4 Å². The van der Waals surface area contributed by atoms with Gasteiger partial charge in [-0.1, -0.05) is 0 Å². The maximum atomic E-state index is 8.84. The summed E-state index contributed by atoms with van der Waals surface area (Å²) in [5.74, 6) is 0. The number of hydrogen-bond acceptors (Lipinski definition) is 3. The van der Waals surface area contributed by atoms with Crippen molar-refractivity contribution < 1.29 is 0 Å². The molecule has 70 valence electrons. The van der Waals surface area contributed by atoms with Crippen LogP contribution in [0, 0.1) is 11.3 Å². The van der Waals surface area contributed by atoms with Crippen LogP contribution in [0.5, 0.6) is 0 Å². The number of aryl methyl sites for hydroxylation is 1. The molecule has 0 saturated carbocycles. The Morgan fingerprint density at radius 1 is 1.77 bits per heavy atom. The summed E-state index contributed by atoms with van der Waals surface area (Å²) in [6.45, 7) is 4.92. The Morgan fingerprint density at radius 3 is 2.92 bits per heavy atom. The monoisotopic (exact) mass is 195 g/mol. The molecule has 1 unspecified atom stereocenters. The summed E-state index contributed by atoms with van der Waals surface area (Å²) in [5, 5.41) is 13.3. The van der Waals surface area contributed by atoms with Crippen molar-refractivity contribution in [1.29, 1.82) is 5.26 Å². The molecule has 0 N–H and O–H groups in total. The molecule has 1 rings (SSSR count). The van der Waals surface area contributed by atoms with Gasteiger partial charge in [-0.15, -0.1) is 0 Å². The number of rotatable bonds is 3. The molecule has 0 aliphatic rings. The van der Waals surface area contributed by atoms with Gasteiger partial charge in [0.15, 0.2) is 5.69 Å². The third-order valence-corrected chi connectivity index (χ3v) is 2.97. The molecule has 1 heterocycles. The predicted molar refractivity (Wildman–Crippen MR) is 54.5 cm³/mol. The van der Waals surface area contributed by atoms with E-state index >= 15 is 0 Å². The van der Waals surface area contributed by atoms with E-state index in [2.05, 4.69) is 18.1 Å². The molecule has 1 aromatic rings. The largest absolute Gasteiger partial charge is 0.271 e. The van der Waals surface area contributed by atoms with Crippen LogP contribution < -0.4 is 0 Å². The van der Waals surface area contributed by atoms with Crippen LogP contribution in [0.4, 0.5) is 0 Å². The fraction of sp³-hybridized carbons (Fsp3) is 0.556. The number of hydrogen-bond donors (Lipinski definition) is 0. The summed E-state index contributed by atoms with van der Waals surface area (Å²) in [5.41, 5.74) is 1.60. The first-order valence-corrected chi connectivity index (χ1v) is 5.52. The van der Waals surface area contributed by atoms with Crippen LogP contribution in [-0.4, -0.2) is 16.0 Å². The van der Waals surface area contributed by atoms with Gasteiger partial charge in [0.2, 0.25) is 0 Å². The molecule has 0 radical (unpaired) electrons. The lowest BCUT2D eigenvalue weighted by atomic mass is 10.2. The lowest BCUT2D eigenvalue weighted by molar-refractivity contribution is 0.656. The highest BCUT2D eigenvalue weighted by molar-refractivity contribution is 7.98. The lowest BCUT2D eigenvalue weighted by Crippen LogP contribution is -1.93. The third kappa shape index (κ3) is 2.04. The van der Waals surface area contributed by atoms with E-state index in [-0.39, 0.29) is 0 Å². The van der Waals surface area contributed by atoms with Gasteiger partial charge < -0.3 is 0 Å². The molecule has 0 bridgehead atoms. The predicted octanol–water partition coefficient (Wildman–Crippen LogP) is 2.20. The van der Waals surface area contributed by atoms with Crippen LogP contribution in [-0.2, 0) is 6.54 Å². The van der Waals surface area contributed by atoms with E-state index in [1.54, 1.807) is 16.4 Å². The van der Waals surface area contributed by atoms with E-state index in [1.807, 2.05) is 19.4 Å². The smallest absolute Gasteiger partial charge is 0.166 e. The van der Waals surface area contributed by atoms with Crippen molar-refractivity contribution in [3.63, 3.8) is 0 Å². The zero-order valence-electron chi connectivity index (χ0n) is 8.11. The maximum Gasteiger partial charge on any atom is 0.166 e. The number of nitrogens with zero attached hydrogens (tertiary/aromatic N) is 3. The number of nitriles is 1. The first kappa shape index (κ1) is 10.1. The number of thioether (sulfide) groups is 1. The zero-order valence-corrected chi connectivity index (χ0v) is 8.93. The van der Waals surface area contributed by atoms with Crippen molar-refractivity contribution in [2.45, 2.75) is 25.6 Å². The molecule has 0 aromatic carbocycles. The minimum atomic E-state index is 0.343. The lowest BCUT2D eigenvalue weighted by Gasteiger charge is -2.03. The van der Waals surface area contributed by atoms with E-state index in [0.29, 0.717) is 10.9 Å². The van der Waals surface area contributed by atoms with Crippen molar-refractivity contribution in [2.24, 2.45) is 0 Å². The normalized spacial score (nSPS) is 12.5. The Balaban J connectivity index is 3.05. The summed E-state index contributed by atoms with van der Waals surface area (Å²) in [7, 11) is 0. The van der Waals surface area contributed by atoms with Crippen molar-refractivity contribution in [3.05, 3.63) is 17.5 Å². The second kappa shape index (κ2) is 4.33. The summed E-state index contributed by atoms with van der Waals surface area (Å²) in [6.07, 6.45) is 3.99. The fourth-order valence-electron chi connectivity index (χ4n) is 1.11. The van der Waals surface area contributed by atoms with Gasteiger partial charge in [0.1, 0.15) is 6.07 Å². The van der Waals surface area contributed by atoms with E-state index in [4.69, 9.17) is 5.26 Å². The highest BCUT2D eigenvalue weighted by Gasteiger charge is 2.13. The molecular weight excluding hydrogens is 182 g/mol. The molecular formula is C9H13N3S. The van der Waals surface area contributed by atoms with Gasteiger partial charge in [-0.25, -0.2) is 0 Å². The summed E-state index contributed by atoms with van der Waals surface area (Å²) >= 11 is 1.73. The fourth-order valence-corrected chi connectivity index (χ4v) is 1.54. The Kier molecular flexibility index (Phi) is 3.38. The van der Waals surface area contributed by atoms with Gasteiger partial charge in [-0.05, 0) is 20.1 Å². The van der Waals surface area contributed by atoms with Gasteiger partial charge in [0.05, 0.1) is 0 Å². The van der Waals surface area contributed by atoms with E-state index in [9.17, 15) is 0 Å².